The van der Waals surface area contributed by atoms with E-state index in [1.165, 1.54) is 25.2 Å². The van der Waals surface area contributed by atoms with Crippen LogP contribution in [0.15, 0.2) is 23.1 Å². The van der Waals surface area contributed by atoms with Crippen molar-refractivity contribution in [3.63, 3.8) is 0 Å². The van der Waals surface area contributed by atoms with E-state index >= 15 is 0 Å². The van der Waals surface area contributed by atoms with E-state index in [0.717, 1.165) is 4.31 Å². The number of sulfonamides is 1. The van der Waals surface area contributed by atoms with Crippen LogP contribution in [-0.2, 0) is 10.0 Å². The highest BCUT2D eigenvalue weighted by Gasteiger charge is 2.34. The van der Waals surface area contributed by atoms with Gasteiger partial charge >= 0.3 is 0 Å². The number of likely N-dealkylation sites (N-methyl/N-ethyl adjacent to an activating group) is 1. The van der Waals surface area contributed by atoms with Crippen LogP contribution in [0.3, 0.4) is 0 Å². The molecule has 0 heterocycles. The normalized spacial score (nSPS) is 12.5. The predicted molar refractivity (Wildman–Crippen MR) is 72.3 cm³/mol. The Kier molecular flexibility index (Phi) is 4.59. The molecular formula is C12H15ClN2O3S. The van der Waals surface area contributed by atoms with Crippen molar-refractivity contribution in [2.24, 2.45) is 0 Å². The molecule has 19 heavy (non-hydrogen) atoms. The largest absolute Gasteiger partial charge is 0.394 e. The predicted octanol–water partition coefficient (Wildman–Crippen LogP) is 1.60. The molecule has 0 spiro atoms. The Morgan fingerprint density at radius 1 is 1.47 bits per heavy atom. The average Bonchev–Trinajstić information content (AvgIpc) is 2.38. The highest BCUT2D eigenvalue weighted by molar-refractivity contribution is 7.89. The number of aliphatic hydroxyl groups excluding tert-OH is 1. The van der Waals surface area contributed by atoms with Gasteiger partial charge in [-0.25, -0.2) is 8.42 Å². The number of nitrogens with zero attached hydrogens (tertiary/aromatic N) is 2. The molecule has 5 nitrogen and oxygen atoms in total. The van der Waals surface area contributed by atoms with E-state index in [2.05, 4.69) is 0 Å². The molecule has 0 saturated carbocycles. The van der Waals surface area contributed by atoms with Crippen molar-refractivity contribution < 1.29 is 13.5 Å². The fourth-order valence-electron chi connectivity index (χ4n) is 1.34. The SMILES string of the molecule is CN(C(C)(C)CO)S(=O)(=O)c1cc(C#N)ccc1Cl. The minimum Gasteiger partial charge on any atom is -0.394 e. The Morgan fingerprint density at radius 2 is 2.05 bits per heavy atom. The van der Waals surface area contributed by atoms with Gasteiger partial charge in [0.2, 0.25) is 10.0 Å². The number of rotatable bonds is 4. The number of aliphatic hydroxyl groups is 1. The molecule has 0 saturated heterocycles. The van der Waals surface area contributed by atoms with Crippen molar-refractivity contribution in [3.8, 4) is 6.07 Å². The minimum absolute atomic E-state index is 0.0413. The van der Waals surface area contributed by atoms with Gasteiger partial charge in [0.1, 0.15) is 4.90 Å². The average molecular weight is 303 g/mol. The number of benzene rings is 1. The quantitative estimate of drug-likeness (QED) is 0.916. The first kappa shape index (κ1) is 15.9. The van der Waals surface area contributed by atoms with Gasteiger partial charge in [-0.05, 0) is 32.0 Å². The molecule has 0 fully saturated rings. The molecule has 0 bridgehead atoms. The lowest BCUT2D eigenvalue weighted by molar-refractivity contribution is 0.138. The van der Waals surface area contributed by atoms with E-state index in [1.54, 1.807) is 13.8 Å². The first-order valence-electron chi connectivity index (χ1n) is 5.46. The van der Waals surface area contributed by atoms with Crippen LogP contribution in [0, 0.1) is 11.3 Å². The van der Waals surface area contributed by atoms with Gasteiger partial charge in [-0.1, -0.05) is 11.6 Å². The molecule has 0 aliphatic rings. The molecule has 0 radical (unpaired) electrons. The molecule has 1 N–H and O–H groups in total. The zero-order valence-corrected chi connectivity index (χ0v) is 12.5. The van der Waals surface area contributed by atoms with Gasteiger partial charge in [-0.2, -0.15) is 9.57 Å². The van der Waals surface area contributed by atoms with Gasteiger partial charge in [-0.15, -0.1) is 0 Å². The molecule has 0 amide bonds. The molecule has 0 atom stereocenters. The Labute approximate surface area is 118 Å². The van der Waals surface area contributed by atoms with E-state index in [9.17, 15) is 13.5 Å². The van der Waals surface area contributed by atoms with Gasteiger partial charge in [0.25, 0.3) is 0 Å². The summed E-state index contributed by atoms with van der Waals surface area (Å²) in [6, 6.07) is 5.90. The van der Waals surface area contributed by atoms with Gasteiger partial charge < -0.3 is 5.11 Å². The van der Waals surface area contributed by atoms with Crippen LogP contribution < -0.4 is 0 Å². The summed E-state index contributed by atoms with van der Waals surface area (Å²) in [6.45, 7) is 2.84. The topological polar surface area (TPSA) is 81.4 Å². The van der Waals surface area contributed by atoms with Crippen molar-refractivity contribution in [1.82, 2.24) is 4.31 Å². The Morgan fingerprint density at radius 3 is 2.53 bits per heavy atom. The van der Waals surface area contributed by atoms with Gasteiger partial charge in [0.05, 0.1) is 28.8 Å². The van der Waals surface area contributed by atoms with Crippen molar-refractivity contribution >= 4 is 21.6 Å². The number of nitriles is 1. The fourth-order valence-corrected chi connectivity index (χ4v) is 3.35. The highest BCUT2D eigenvalue weighted by Crippen LogP contribution is 2.28. The molecule has 1 aromatic rings. The second kappa shape index (κ2) is 5.47. The Balaban J connectivity index is 3.40. The van der Waals surface area contributed by atoms with E-state index in [4.69, 9.17) is 16.9 Å². The van der Waals surface area contributed by atoms with Crippen LogP contribution in [0.4, 0.5) is 0 Å². The van der Waals surface area contributed by atoms with Crippen molar-refractivity contribution in [2.45, 2.75) is 24.3 Å². The molecule has 0 aromatic heterocycles. The molecule has 104 valence electrons. The van der Waals surface area contributed by atoms with Crippen molar-refractivity contribution in [3.05, 3.63) is 28.8 Å². The van der Waals surface area contributed by atoms with Crippen LogP contribution in [0.5, 0.6) is 0 Å². The third-order valence-corrected chi connectivity index (χ3v) is 5.49. The van der Waals surface area contributed by atoms with Gasteiger partial charge in [0.15, 0.2) is 0 Å². The summed E-state index contributed by atoms with van der Waals surface area (Å²) >= 11 is 5.90. The maximum absolute atomic E-state index is 12.4. The summed E-state index contributed by atoms with van der Waals surface area (Å²) in [7, 11) is -2.52. The molecule has 7 heteroatoms. The standard InChI is InChI=1S/C12H15ClN2O3S/c1-12(2,8-16)15(3)19(17,18)11-6-9(7-14)4-5-10(11)13/h4-6,16H,8H2,1-3H3. The lowest BCUT2D eigenvalue weighted by Gasteiger charge is -2.33. The van der Waals surface area contributed by atoms with E-state index < -0.39 is 15.6 Å². The number of hydrogen-bond donors (Lipinski definition) is 1. The smallest absolute Gasteiger partial charge is 0.244 e. The second-order valence-electron chi connectivity index (χ2n) is 4.70. The monoisotopic (exact) mass is 302 g/mol. The van der Waals surface area contributed by atoms with Crippen LogP contribution >= 0.6 is 11.6 Å². The lowest BCUT2D eigenvalue weighted by Crippen LogP contribution is -2.47. The molecule has 0 unspecified atom stereocenters. The summed E-state index contributed by atoms with van der Waals surface area (Å²) in [6.07, 6.45) is 0. The first-order chi connectivity index (χ1) is 8.66. The molecule has 1 aromatic carbocycles. The minimum atomic E-state index is -3.88. The molecule has 0 aliphatic heterocycles. The zero-order chi connectivity index (χ0) is 14.8. The lowest BCUT2D eigenvalue weighted by atomic mass is 10.1. The third kappa shape index (κ3) is 3.07. The zero-order valence-electron chi connectivity index (χ0n) is 10.9. The molecule has 1 rings (SSSR count). The van der Waals surface area contributed by atoms with Gasteiger partial charge in [-0.3, -0.25) is 0 Å². The van der Waals surface area contributed by atoms with Crippen LogP contribution in [-0.4, -0.2) is 37.0 Å². The summed E-state index contributed by atoms with van der Waals surface area (Å²) < 4.78 is 25.9. The summed E-state index contributed by atoms with van der Waals surface area (Å²) in [5.41, 5.74) is -0.761. The Hall–Kier alpha value is -1.13. The summed E-state index contributed by atoms with van der Waals surface area (Å²) in [5, 5.41) is 18.1. The number of halogens is 1. The fraction of sp³-hybridized carbons (Fsp3) is 0.417. The summed E-state index contributed by atoms with van der Waals surface area (Å²) in [4.78, 5) is -0.141. The maximum Gasteiger partial charge on any atom is 0.244 e. The van der Waals surface area contributed by atoms with E-state index in [0.29, 0.717) is 0 Å². The summed E-state index contributed by atoms with van der Waals surface area (Å²) in [5.74, 6) is 0. The van der Waals surface area contributed by atoms with E-state index in [-0.39, 0.29) is 22.1 Å². The third-order valence-electron chi connectivity index (χ3n) is 2.94. The first-order valence-corrected chi connectivity index (χ1v) is 7.28. The highest BCUT2D eigenvalue weighted by atomic mass is 35.5. The molecule has 0 aliphatic carbocycles. The van der Waals surface area contributed by atoms with Crippen LogP contribution in [0.2, 0.25) is 5.02 Å². The van der Waals surface area contributed by atoms with Gasteiger partial charge in [0, 0.05) is 7.05 Å². The van der Waals surface area contributed by atoms with Crippen molar-refractivity contribution in [2.75, 3.05) is 13.7 Å². The van der Waals surface area contributed by atoms with Crippen LogP contribution in [0.1, 0.15) is 19.4 Å². The van der Waals surface area contributed by atoms with Crippen LogP contribution in [0.25, 0.3) is 0 Å². The molecular weight excluding hydrogens is 288 g/mol. The number of hydrogen-bond acceptors (Lipinski definition) is 4. The maximum atomic E-state index is 12.4. The Bertz CT molecular complexity index is 620. The van der Waals surface area contributed by atoms with E-state index in [1.807, 2.05) is 6.07 Å². The second-order valence-corrected chi connectivity index (χ2v) is 7.04. The van der Waals surface area contributed by atoms with Crippen molar-refractivity contribution in [1.29, 1.82) is 5.26 Å².